The zero-order valence-electron chi connectivity index (χ0n) is 16.7. The average Bonchev–Trinajstić information content (AvgIpc) is 3.44. The summed E-state index contributed by atoms with van der Waals surface area (Å²) in [4.78, 5) is 19.2. The van der Waals surface area contributed by atoms with Crippen LogP contribution < -0.4 is 14.8 Å². The number of piperidine rings is 1. The number of carbonyl (C=O) groups is 1. The van der Waals surface area contributed by atoms with Gasteiger partial charge >= 0.3 is 0 Å². The number of ether oxygens (including phenoxy) is 2. The molecule has 0 atom stereocenters. The largest absolute Gasteiger partial charge is 0.454 e. The number of fused-ring (bicyclic) bond motifs is 1. The minimum atomic E-state index is -0.307. The van der Waals surface area contributed by atoms with Gasteiger partial charge in [-0.1, -0.05) is 5.16 Å². The summed E-state index contributed by atoms with van der Waals surface area (Å²) in [6, 6.07) is 11.4. The van der Waals surface area contributed by atoms with E-state index in [4.69, 9.17) is 14.0 Å². The van der Waals surface area contributed by atoms with Gasteiger partial charge in [0.25, 0.3) is 0 Å². The summed E-state index contributed by atoms with van der Waals surface area (Å²) in [5, 5.41) is 6.95. The molecule has 8 nitrogen and oxygen atoms in total. The van der Waals surface area contributed by atoms with Gasteiger partial charge in [0.1, 0.15) is 5.82 Å². The zero-order valence-corrected chi connectivity index (χ0v) is 16.7. The van der Waals surface area contributed by atoms with Gasteiger partial charge in [-0.2, -0.15) is 4.98 Å². The quantitative estimate of drug-likeness (QED) is 0.671. The molecule has 0 radical (unpaired) electrons. The fraction of sp³-hybridized carbons (Fsp3) is 0.318. The van der Waals surface area contributed by atoms with Crippen LogP contribution in [0.5, 0.6) is 11.5 Å². The third-order valence-corrected chi connectivity index (χ3v) is 5.53. The summed E-state index contributed by atoms with van der Waals surface area (Å²) in [6.07, 6.45) is 1.49. The Morgan fingerprint density at radius 1 is 1.10 bits per heavy atom. The molecule has 2 aliphatic rings. The molecule has 3 aromatic rings. The predicted molar refractivity (Wildman–Crippen MR) is 109 cm³/mol. The van der Waals surface area contributed by atoms with Crippen molar-refractivity contribution in [3.8, 4) is 22.9 Å². The van der Waals surface area contributed by atoms with Crippen molar-refractivity contribution in [2.24, 2.45) is 5.92 Å². The number of amides is 1. The molecule has 1 saturated heterocycles. The summed E-state index contributed by atoms with van der Waals surface area (Å²) in [6.45, 7) is 2.24. The van der Waals surface area contributed by atoms with E-state index in [9.17, 15) is 9.18 Å². The lowest BCUT2D eigenvalue weighted by molar-refractivity contribution is -0.121. The van der Waals surface area contributed by atoms with Gasteiger partial charge in [-0.25, -0.2) is 4.39 Å². The lowest BCUT2D eigenvalue weighted by atomic mass is 9.96. The second kappa shape index (κ2) is 8.35. The molecule has 160 valence electrons. The number of hydrogen-bond donors (Lipinski definition) is 1. The third-order valence-electron chi connectivity index (χ3n) is 5.53. The van der Waals surface area contributed by atoms with Crippen LogP contribution in [0.1, 0.15) is 18.7 Å². The molecule has 1 amide bonds. The highest BCUT2D eigenvalue weighted by Crippen LogP contribution is 2.34. The van der Waals surface area contributed by atoms with E-state index in [2.05, 4.69) is 20.4 Å². The number of rotatable bonds is 5. The molecule has 1 fully saturated rings. The van der Waals surface area contributed by atoms with E-state index in [1.807, 2.05) is 6.07 Å². The van der Waals surface area contributed by atoms with E-state index in [0.29, 0.717) is 41.0 Å². The van der Waals surface area contributed by atoms with E-state index in [-0.39, 0.29) is 24.4 Å². The minimum absolute atomic E-state index is 0.00917. The van der Waals surface area contributed by atoms with Gasteiger partial charge < -0.3 is 19.3 Å². The van der Waals surface area contributed by atoms with Crippen LogP contribution in [0.2, 0.25) is 0 Å². The Labute approximate surface area is 178 Å². The summed E-state index contributed by atoms with van der Waals surface area (Å²) in [7, 11) is 0. The molecule has 0 saturated carbocycles. The van der Waals surface area contributed by atoms with Gasteiger partial charge in [0.2, 0.25) is 24.4 Å². The van der Waals surface area contributed by atoms with Gasteiger partial charge in [-0.05, 0) is 62.3 Å². The number of nitrogens with one attached hydrogen (secondary N) is 1. The smallest absolute Gasteiger partial charge is 0.241 e. The predicted octanol–water partition coefficient (Wildman–Crippen LogP) is 3.46. The van der Waals surface area contributed by atoms with E-state index in [0.717, 1.165) is 25.9 Å². The second-order valence-corrected chi connectivity index (χ2v) is 7.63. The Morgan fingerprint density at radius 3 is 2.68 bits per heavy atom. The molecule has 0 bridgehead atoms. The lowest BCUT2D eigenvalue weighted by Crippen LogP contribution is -2.37. The van der Waals surface area contributed by atoms with E-state index >= 15 is 0 Å². The maximum atomic E-state index is 13.1. The van der Waals surface area contributed by atoms with Gasteiger partial charge in [0, 0.05) is 23.2 Å². The molecule has 3 heterocycles. The molecule has 1 N–H and O–H groups in total. The third kappa shape index (κ3) is 4.36. The topological polar surface area (TPSA) is 89.7 Å². The molecule has 31 heavy (non-hydrogen) atoms. The van der Waals surface area contributed by atoms with Crippen molar-refractivity contribution in [2.45, 2.75) is 19.4 Å². The highest BCUT2D eigenvalue weighted by Gasteiger charge is 2.26. The maximum absolute atomic E-state index is 13.1. The van der Waals surface area contributed by atoms with E-state index < -0.39 is 0 Å². The SMILES string of the molecule is O=C(Nc1ccc2c(c1)OCO2)C1CCN(Cc2nc(-c3ccc(F)cc3)no2)CC1. The fourth-order valence-electron chi connectivity index (χ4n) is 3.80. The Morgan fingerprint density at radius 2 is 1.87 bits per heavy atom. The first-order valence-corrected chi connectivity index (χ1v) is 10.2. The molecule has 9 heteroatoms. The van der Waals surface area contributed by atoms with Crippen LogP contribution in [0.4, 0.5) is 10.1 Å². The minimum Gasteiger partial charge on any atom is -0.454 e. The van der Waals surface area contributed by atoms with Gasteiger partial charge in [0.05, 0.1) is 6.54 Å². The maximum Gasteiger partial charge on any atom is 0.241 e. The number of anilines is 1. The summed E-state index contributed by atoms with van der Waals surface area (Å²) < 4.78 is 29.1. The number of nitrogens with zero attached hydrogens (tertiary/aromatic N) is 3. The monoisotopic (exact) mass is 424 g/mol. The highest BCUT2D eigenvalue weighted by molar-refractivity contribution is 5.93. The summed E-state index contributed by atoms with van der Waals surface area (Å²) >= 11 is 0. The number of carbonyl (C=O) groups excluding carboxylic acids is 1. The van der Waals surface area contributed by atoms with Crippen LogP contribution in [-0.2, 0) is 11.3 Å². The Kier molecular flexibility index (Phi) is 5.25. The van der Waals surface area contributed by atoms with Crippen molar-refractivity contribution >= 4 is 11.6 Å². The van der Waals surface area contributed by atoms with E-state index in [1.165, 1.54) is 12.1 Å². The van der Waals surface area contributed by atoms with Crippen molar-refractivity contribution in [1.82, 2.24) is 15.0 Å². The first-order valence-electron chi connectivity index (χ1n) is 10.2. The van der Waals surface area contributed by atoms with Crippen molar-refractivity contribution in [3.05, 3.63) is 54.2 Å². The molecule has 0 aliphatic carbocycles. The summed E-state index contributed by atoms with van der Waals surface area (Å²) in [5.74, 6) is 1.92. The number of halogens is 1. The Hall–Kier alpha value is -3.46. The zero-order chi connectivity index (χ0) is 21.2. The Balaban J connectivity index is 1.13. The van der Waals surface area contributed by atoms with Gasteiger partial charge in [0.15, 0.2) is 11.5 Å². The first kappa shape index (κ1) is 19.5. The lowest BCUT2D eigenvalue weighted by Gasteiger charge is -2.30. The van der Waals surface area contributed by atoms with Crippen molar-refractivity contribution in [2.75, 3.05) is 25.2 Å². The van der Waals surface area contributed by atoms with Crippen LogP contribution in [0.25, 0.3) is 11.4 Å². The summed E-state index contributed by atoms with van der Waals surface area (Å²) in [5.41, 5.74) is 1.41. The fourth-order valence-corrected chi connectivity index (χ4v) is 3.80. The molecule has 1 aromatic heterocycles. The first-order chi connectivity index (χ1) is 15.1. The standard InChI is InChI=1S/C22H21FN4O4/c23-16-3-1-14(2-4-16)21-25-20(31-26-21)12-27-9-7-15(8-10-27)22(28)24-17-5-6-18-19(11-17)30-13-29-18/h1-6,11,15H,7-10,12-13H2,(H,24,28). The van der Waals surface area contributed by atoms with Crippen molar-refractivity contribution < 1.29 is 23.2 Å². The number of likely N-dealkylation sites (tertiary alicyclic amines) is 1. The number of hydrogen-bond acceptors (Lipinski definition) is 7. The highest BCUT2D eigenvalue weighted by atomic mass is 19.1. The molecule has 2 aliphatic heterocycles. The van der Waals surface area contributed by atoms with Gasteiger partial charge in [-0.15, -0.1) is 0 Å². The average molecular weight is 424 g/mol. The van der Waals surface area contributed by atoms with Crippen LogP contribution in [0.15, 0.2) is 47.0 Å². The Bertz CT molecular complexity index is 1080. The molecule has 5 rings (SSSR count). The van der Waals surface area contributed by atoms with Crippen molar-refractivity contribution in [1.29, 1.82) is 0 Å². The molecular formula is C22H21FN4O4. The van der Waals surface area contributed by atoms with Gasteiger partial charge in [-0.3, -0.25) is 9.69 Å². The number of benzene rings is 2. The normalized spacial score (nSPS) is 16.4. The number of aromatic nitrogens is 2. The van der Waals surface area contributed by atoms with Crippen LogP contribution in [-0.4, -0.2) is 40.8 Å². The van der Waals surface area contributed by atoms with Crippen molar-refractivity contribution in [3.63, 3.8) is 0 Å². The second-order valence-electron chi connectivity index (χ2n) is 7.63. The van der Waals surface area contributed by atoms with E-state index in [1.54, 1.807) is 24.3 Å². The molecule has 0 unspecified atom stereocenters. The molecule has 2 aromatic carbocycles. The molecular weight excluding hydrogens is 403 g/mol. The van der Waals surface area contributed by atoms with Crippen LogP contribution in [0.3, 0.4) is 0 Å². The van der Waals surface area contributed by atoms with Crippen LogP contribution >= 0.6 is 0 Å². The molecule has 0 spiro atoms. The van der Waals surface area contributed by atoms with Crippen LogP contribution in [0, 0.1) is 11.7 Å².